The van der Waals surface area contributed by atoms with Crippen molar-refractivity contribution in [2.45, 2.75) is 89.9 Å². The van der Waals surface area contributed by atoms with Gasteiger partial charge < -0.3 is 0 Å². The first-order valence-corrected chi connectivity index (χ1v) is 15.8. The van der Waals surface area contributed by atoms with Crippen LogP contribution in [0, 0.1) is 0 Å². The summed E-state index contributed by atoms with van der Waals surface area (Å²) in [5.41, 5.74) is 0. The summed E-state index contributed by atoms with van der Waals surface area (Å²) >= 11 is 12.0. The summed E-state index contributed by atoms with van der Waals surface area (Å²) in [5.74, 6) is 0. The standard InChI is InChI=1S/C8H17.3C3H6OS.Sn/c1-3-5-7-8-6-4-2;3*1-2-3(4)5;/h1,3-8H2,2H3;3*2H2,1H3,(H,4,5);/q;;;;+3/p-3. The van der Waals surface area contributed by atoms with Crippen molar-refractivity contribution in [1.29, 1.82) is 0 Å². The fraction of sp³-hybridized carbons (Fsp3) is 0.824. The van der Waals surface area contributed by atoms with Crippen molar-refractivity contribution in [1.82, 2.24) is 0 Å². The maximum atomic E-state index is 6.08. The van der Waals surface area contributed by atoms with Gasteiger partial charge >= 0.3 is 171 Å². The molecule has 3 nitrogen and oxygen atoms in total. The first-order valence-electron chi connectivity index (χ1n) is 9.08. The van der Waals surface area contributed by atoms with Gasteiger partial charge in [0.2, 0.25) is 0 Å². The molecule has 0 aromatic carbocycles. The van der Waals surface area contributed by atoms with Crippen molar-refractivity contribution in [2.75, 3.05) is 0 Å². The Hall–Kier alpha value is 0.469. The van der Waals surface area contributed by atoms with E-state index >= 15 is 0 Å². The average molecular weight is 499 g/mol. The van der Waals surface area contributed by atoms with Gasteiger partial charge in [0.05, 0.1) is 0 Å². The molecule has 0 amide bonds. The van der Waals surface area contributed by atoms with Crippen LogP contribution in [0.25, 0.3) is 0 Å². The summed E-state index contributed by atoms with van der Waals surface area (Å²) in [6.45, 7) is 8.14. The number of hydrogen-bond acceptors (Lipinski definition) is 6. The fourth-order valence-electron chi connectivity index (χ4n) is 2.07. The van der Waals surface area contributed by atoms with E-state index in [2.05, 4.69) is 6.92 Å². The quantitative estimate of drug-likeness (QED) is 0.162. The molecule has 0 rings (SSSR count). The van der Waals surface area contributed by atoms with Crippen molar-refractivity contribution >= 4 is 71.4 Å². The Labute approximate surface area is 169 Å². The Kier molecular flexibility index (Phi) is 14.9. The van der Waals surface area contributed by atoms with Crippen LogP contribution in [0.4, 0.5) is 0 Å². The molecule has 0 aliphatic heterocycles. The van der Waals surface area contributed by atoms with Crippen molar-refractivity contribution in [3.05, 3.63) is 0 Å². The second-order valence-electron chi connectivity index (χ2n) is 5.68. The second kappa shape index (κ2) is 14.6. The molecule has 7 heteroatoms. The predicted octanol–water partition coefficient (Wildman–Crippen LogP) is 6.55. The Balaban J connectivity index is 4.97. The number of rotatable bonds is 13. The molecule has 140 valence electrons. The normalized spacial score (nSPS) is 11.0. The summed E-state index contributed by atoms with van der Waals surface area (Å²) in [5, 5.41) is 1.61. The Bertz CT molecular complexity index is 357. The Morgan fingerprint density at radius 3 is 1.38 bits per heavy atom. The summed E-state index contributed by atoms with van der Waals surface area (Å²) in [4.78, 5) is 0. The molecule has 0 saturated carbocycles. The van der Waals surface area contributed by atoms with Crippen LogP contribution < -0.4 is 0 Å². The first kappa shape index (κ1) is 24.5. The maximum absolute atomic E-state index is 6.08. The van der Waals surface area contributed by atoms with Gasteiger partial charge in [-0.1, -0.05) is 0 Å². The van der Waals surface area contributed by atoms with Crippen molar-refractivity contribution in [3.8, 4) is 0 Å². The first-order chi connectivity index (χ1) is 11.4. The molecule has 0 radical (unpaired) electrons. The summed E-state index contributed by atoms with van der Waals surface area (Å²) in [7, 11) is 0. The topological polar surface area (TPSA) is 27.7 Å². The third-order valence-electron chi connectivity index (χ3n) is 3.51. The van der Waals surface area contributed by atoms with Gasteiger partial charge in [0.1, 0.15) is 0 Å². The van der Waals surface area contributed by atoms with E-state index in [-0.39, 0.29) is 0 Å². The molecule has 0 aliphatic rings. The van der Waals surface area contributed by atoms with Gasteiger partial charge in [0.15, 0.2) is 0 Å². The zero-order chi connectivity index (χ0) is 18.4. The molecular formula is C17H32O3S3Sn. The average Bonchev–Trinajstić information content (AvgIpc) is 2.57. The van der Waals surface area contributed by atoms with E-state index in [1.54, 1.807) is 0 Å². The molecule has 0 atom stereocenters. The van der Waals surface area contributed by atoms with Crippen LogP contribution in [0.5, 0.6) is 0 Å². The van der Waals surface area contributed by atoms with E-state index in [4.69, 9.17) is 45.9 Å². The minimum absolute atomic E-state index is 0.537. The number of unbranched alkanes of at least 4 members (excludes halogenated alkanes) is 5. The molecule has 0 N–H and O–H groups in total. The molecule has 0 heterocycles. The van der Waals surface area contributed by atoms with Gasteiger partial charge in [-0.3, -0.25) is 0 Å². The summed E-state index contributed by atoms with van der Waals surface area (Å²) in [6.07, 6.45) is 9.17. The third-order valence-corrected chi connectivity index (χ3v) is 13.4. The van der Waals surface area contributed by atoms with E-state index in [1.807, 2.05) is 20.8 Å². The van der Waals surface area contributed by atoms with Gasteiger partial charge in [-0.25, -0.2) is 0 Å². The molecule has 0 fully saturated rings. The van der Waals surface area contributed by atoms with E-state index in [0.29, 0.717) is 34.4 Å². The van der Waals surface area contributed by atoms with Crippen LogP contribution in [-0.2, 0) is 9.22 Å². The monoisotopic (exact) mass is 500 g/mol. The second-order valence-corrected chi connectivity index (χ2v) is 14.1. The van der Waals surface area contributed by atoms with Gasteiger partial charge in [0.25, 0.3) is 0 Å². The molecule has 0 bridgehead atoms. The van der Waals surface area contributed by atoms with Crippen LogP contribution in [0.2, 0.25) is 4.44 Å². The van der Waals surface area contributed by atoms with Crippen LogP contribution in [0.15, 0.2) is 0 Å². The van der Waals surface area contributed by atoms with E-state index < -0.39 is 19.6 Å². The van der Waals surface area contributed by atoms with Gasteiger partial charge in [-0.2, -0.15) is 0 Å². The third kappa shape index (κ3) is 11.2. The van der Waals surface area contributed by atoms with Crippen LogP contribution in [0.3, 0.4) is 0 Å². The predicted molar refractivity (Wildman–Crippen MR) is 116 cm³/mol. The van der Waals surface area contributed by atoms with E-state index in [1.165, 1.54) is 25.7 Å². The molecule has 0 aromatic heterocycles. The molecular weight excluding hydrogens is 467 g/mol. The van der Waals surface area contributed by atoms with Crippen molar-refractivity contribution < 1.29 is 9.22 Å². The summed E-state index contributed by atoms with van der Waals surface area (Å²) < 4.78 is 19.0. The summed E-state index contributed by atoms with van der Waals surface area (Å²) in [6, 6.07) is 0. The van der Waals surface area contributed by atoms with Crippen LogP contribution >= 0.6 is 36.7 Å². The minimum atomic E-state index is -3.93. The molecule has 0 spiro atoms. The van der Waals surface area contributed by atoms with Crippen LogP contribution in [0.1, 0.15) is 85.5 Å². The molecule has 0 saturated heterocycles. The van der Waals surface area contributed by atoms with Crippen LogP contribution in [-0.4, -0.2) is 34.8 Å². The Morgan fingerprint density at radius 1 is 0.625 bits per heavy atom. The number of thiocarbonyl (C=S) groups is 3. The zero-order valence-electron chi connectivity index (χ0n) is 15.5. The molecule has 0 aromatic rings. The molecule has 0 aliphatic carbocycles. The van der Waals surface area contributed by atoms with Gasteiger partial charge in [0, 0.05) is 0 Å². The molecule has 24 heavy (non-hydrogen) atoms. The van der Waals surface area contributed by atoms with Crippen molar-refractivity contribution in [2.24, 2.45) is 0 Å². The fourth-order valence-corrected chi connectivity index (χ4v) is 12.0. The SMILES string of the molecule is CCCCCCC[CH2][Sn]([O]C(=S)CC)([O]C(=S)CC)[O]C(=S)CC. The Morgan fingerprint density at radius 2 is 1.00 bits per heavy atom. The number of hydrogen-bond donors (Lipinski definition) is 0. The molecule has 0 unspecified atom stereocenters. The van der Waals surface area contributed by atoms with Gasteiger partial charge in [-0.05, 0) is 0 Å². The van der Waals surface area contributed by atoms with Gasteiger partial charge in [-0.15, -0.1) is 0 Å². The van der Waals surface area contributed by atoms with E-state index in [0.717, 1.165) is 17.3 Å². The van der Waals surface area contributed by atoms with Crippen molar-refractivity contribution in [3.63, 3.8) is 0 Å². The zero-order valence-corrected chi connectivity index (χ0v) is 20.8. The van der Waals surface area contributed by atoms with E-state index in [9.17, 15) is 0 Å².